The Kier molecular flexibility index (Phi) is 6.80. The lowest BCUT2D eigenvalue weighted by Crippen LogP contribution is -2.42. The van der Waals surface area contributed by atoms with Crippen LogP contribution in [0.5, 0.6) is 0 Å². The molecule has 2 rings (SSSR count). The van der Waals surface area contributed by atoms with Crippen LogP contribution in [0.3, 0.4) is 0 Å². The summed E-state index contributed by atoms with van der Waals surface area (Å²) >= 11 is 0. The summed E-state index contributed by atoms with van der Waals surface area (Å²) in [5.41, 5.74) is 2.21. The molecule has 1 aliphatic carbocycles. The Labute approximate surface area is 145 Å². The van der Waals surface area contributed by atoms with Gasteiger partial charge in [-0.15, -0.1) is 0 Å². The zero-order chi connectivity index (χ0) is 17.6. The largest absolute Gasteiger partial charge is 0.352 e. The quantitative estimate of drug-likeness (QED) is 0.820. The molecule has 1 amide bonds. The van der Waals surface area contributed by atoms with Crippen LogP contribution in [-0.2, 0) is 21.4 Å². The van der Waals surface area contributed by atoms with Crippen molar-refractivity contribution in [2.24, 2.45) is 0 Å². The van der Waals surface area contributed by atoms with E-state index < -0.39 is 10.0 Å². The molecule has 24 heavy (non-hydrogen) atoms. The van der Waals surface area contributed by atoms with E-state index in [4.69, 9.17) is 0 Å². The predicted octanol–water partition coefficient (Wildman–Crippen LogP) is 2.60. The number of amides is 1. The van der Waals surface area contributed by atoms with Gasteiger partial charge >= 0.3 is 0 Å². The Morgan fingerprint density at radius 2 is 1.96 bits per heavy atom. The highest BCUT2D eigenvalue weighted by Gasteiger charge is 2.28. The number of hydrogen-bond donors (Lipinski definition) is 1. The molecule has 5 nitrogen and oxygen atoms in total. The number of carbonyl (C=O) groups is 1. The molecule has 0 bridgehead atoms. The number of hydrogen-bond acceptors (Lipinski definition) is 3. The number of nitrogens with one attached hydrogen (secondary N) is 1. The van der Waals surface area contributed by atoms with Crippen molar-refractivity contribution in [3.8, 4) is 0 Å². The molecule has 0 saturated heterocycles. The van der Waals surface area contributed by atoms with Gasteiger partial charge in [0.15, 0.2) is 0 Å². The molecule has 0 spiro atoms. The van der Waals surface area contributed by atoms with Crippen LogP contribution in [0.25, 0.3) is 0 Å². The van der Waals surface area contributed by atoms with E-state index in [0.29, 0.717) is 6.54 Å². The molecule has 1 aliphatic rings. The first-order valence-corrected chi connectivity index (χ1v) is 10.5. The molecule has 0 unspecified atom stereocenters. The maximum absolute atomic E-state index is 12.1. The molecule has 1 N–H and O–H groups in total. The maximum Gasteiger partial charge on any atom is 0.221 e. The highest BCUT2D eigenvalue weighted by Crippen LogP contribution is 2.24. The third-order valence-electron chi connectivity index (χ3n) is 4.54. The minimum Gasteiger partial charge on any atom is -0.352 e. The summed E-state index contributed by atoms with van der Waals surface area (Å²) in [6.07, 6.45) is 6.55. The fourth-order valence-corrected chi connectivity index (χ4v) is 4.49. The van der Waals surface area contributed by atoms with Crippen molar-refractivity contribution in [1.82, 2.24) is 9.62 Å². The maximum atomic E-state index is 12.1. The molecule has 1 aromatic rings. The lowest BCUT2D eigenvalue weighted by atomic mass is 9.95. The number of benzene rings is 1. The molecule has 0 radical (unpaired) electrons. The first-order valence-electron chi connectivity index (χ1n) is 8.65. The van der Waals surface area contributed by atoms with Crippen molar-refractivity contribution in [2.75, 3.05) is 12.8 Å². The van der Waals surface area contributed by atoms with E-state index in [0.717, 1.165) is 36.8 Å². The van der Waals surface area contributed by atoms with E-state index in [1.807, 2.05) is 31.2 Å². The van der Waals surface area contributed by atoms with Crippen LogP contribution in [0, 0.1) is 6.92 Å². The highest BCUT2D eigenvalue weighted by atomic mass is 32.2. The van der Waals surface area contributed by atoms with Gasteiger partial charge < -0.3 is 5.32 Å². The summed E-state index contributed by atoms with van der Waals surface area (Å²) in [6.45, 7) is 2.76. The van der Waals surface area contributed by atoms with Gasteiger partial charge in [0.2, 0.25) is 15.9 Å². The topological polar surface area (TPSA) is 66.5 Å². The van der Waals surface area contributed by atoms with Crippen molar-refractivity contribution >= 4 is 15.9 Å². The summed E-state index contributed by atoms with van der Waals surface area (Å²) in [5, 5.41) is 2.88. The first kappa shape index (κ1) is 18.9. The Balaban J connectivity index is 1.85. The van der Waals surface area contributed by atoms with Crippen molar-refractivity contribution < 1.29 is 13.2 Å². The van der Waals surface area contributed by atoms with E-state index in [9.17, 15) is 13.2 Å². The van der Waals surface area contributed by atoms with Crippen LogP contribution in [0.4, 0.5) is 0 Å². The Hall–Kier alpha value is -1.40. The third kappa shape index (κ3) is 5.91. The molecule has 134 valence electrons. The first-order chi connectivity index (χ1) is 11.4. The van der Waals surface area contributed by atoms with Crippen molar-refractivity contribution in [3.63, 3.8) is 0 Å². The smallest absolute Gasteiger partial charge is 0.221 e. The number of sulfonamides is 1. The van der Waals surface area contributed by atoms with Gasteiger partial charge in [0.05, 0.1) is 6.26 Å². The molecule has 0 atom stereocenters. The molecule has 0 aliphatic heterocycles. The summed E-state index contributed by atoms with van der Waals surface area (Å²) in [7, 11) is -3.28. The molecular weight excluding hydrogens is 324 g/mol. The molecular formula is C18H28N2O3S. The van der Waals surface area contributed by atoms with Crippen LogP contribution >= 0.6 is 0 Å². The van der Waals surface area contributed by atoms with Crippen LogP contribution < -0.4 is 5.32 Å². The van der Waals surface area contributed by atoms with E-state index in [2.05, 4.69) is 5.32 Å². The second kappa shape index (κ2) is 8.62. The molecule has 0 heterocycles. The van der Waals surface area contributed by atoms with Crippen molar-refractivity contribution in [3.05, 3.63) is 35.4 Å². The van der Waals surface area contributed by atoms with Crippen molar-refractivity contribution in [2.45, 2.75) is 58.0 Å². The second-order valence-electron chi connectivity index (χ2n) is 6.68. The zero-order valence-electron chi connectivity index (χ0n) is 14.6. The van der Waals surface area contributed by atoms with Crippen LogP contribution in [-0.4, -0.2) is 37.5 Å². The van der Waals surface area contributed by atoms with Gasteiger partial charge in [-0.25, -0.2) is 8.42 Å². The lowest BCUT2D eigenvalue weighted by Gasteiger charge is -2.32. The third-order valence-corrected chi connectivity index (χ3v) is 5.87. The van der Waals surface area contributed by atoms with Gasteiger partial charge in [0.25, 0.3) is 0 Å². The highest BCUT2D eigenvalue weighted by molar-refractivity contribution is 7.88. The average Bonchev–Trinajstić information content (AvgIpc) is 2.53. The Morgan fingerprint density at radius 1 is 1.25 bits per heavy atom. The van der Waals surface area contributed by atoms with Crippen LogP contribution in [0.2, 0.25) is 0 Å². The number of aryl methyl sites for hydroxylation is 1. The van der Waals surface area contributed by atoms with E-state index in [1.165, 1.54) is 17.0 Å². The number of nitrogens with zero attached hydrogens (tertiary/aromatic N) is 1. The number of rotatable bonds is 7. The molecule has 1 saturated carbocycles. The SMILES string of the molecule is Cc1cccc(CNC(=O)CCN(C2CCCCC2)S(C)(=O)=O)c1. The molecule has 6 heteroatoms. The second-order valence-corrected chi connectivity index (χ2v) is 8.62. The van der Waals surface area contributed by atoms with E-state index >= 15 is 0 Å². The zero-order valence-corrected chi connectivity index (χ0v) is 15.4. The standard InChI is InChI=1S/C18H28N2O3S/c1-15-7-6-8-16(13-15)14-19-18(21)11-12-20(24(2,22)23)17-9-4-3-5-10-17/h6-8,13,17H,3-5,9-12,14H2,1-2H3,(H,19,21). The van der Waals surface area contributed by atoms with Gasteiger partial charge in [-0.2, -0.15) is 4.31 Å². The monoisotopic (exact) mass is 352 g/mol. The van der Waals surface area contributed by atoms with Crippen LogP contribution in [0.15, 0.2) is 24.3 Å². The summed E-state index contributed by atoms with van der Waals surface area (Å²) in [5.74, 6) is -0.110. The lowest BCUT2D eigenvalue weighted by molar-refractivity contribution is -0.121. The van der Waals surface area contributed by atoms with E-state index in [-0.39, 0.29) is 24.9 Å². The van der Waals surface area contributed by atoms with Crippen molar-refractivity contribution in [1.29, 1.82) is 0 Å². The van der Waals surface area contributed by atoms with Gasteiger partial charge in [-0.1, -0.05) is 49.1 Å². The Morgan fingerprint density at radius 3 is 2.58 bits per heavy atom. The van der Waals surface area contributed by atoms with Gasteiger partial charge in [0.1, 0.15) is 0 Å². The molecule has 1 fully saturated rings. The summed E-state index contributed by atoms with van der Waals surface area (Å²) in [6, 6.07) is 8.03. The Bertz CT molecular complexity index is 652. The minimum absolute atomic E-state index is 0.0540. The number of carbonyl (C=O) groups excluding carboxylic acids is 1. The fraction of sp³-hybridized carbons (Fsp3) is 0.611. The minimum atomic E-state index is -3.28. The molecule has 1 aromatic carbocycles. The van der Waals surface area contributed by atoms with Crippen LogP contribution in [0.1, 0.15) is 49.7 Å². The van der Waals surface area contributed by atoms with Gasteiger partial charge in [0, 0.05) is 25.6 Å². The fourth-order valence-electron chi connectivity index (χ4n) is 3.31. The summed E-state index contributed by atoms with van der Waals surface area (Å²) in [4.78, 5) is 12.1. The van der Waals surface area contributed by atoms with E-state index in [1.54, 1.807) is 0 Å². The normalized spacial score (nSPS) is 16.3. The van der Waals surface area contributed by atoms with Gasteiger partial charge in [-0.3, -0.25) is 4.79 Å². The molecule has 0 aromatic heterocycles. The summed E-state index contributed by atoms with van der Waals surface area (Å²) < 4.78 is 25.6. The average molecular weight is 353 g/mol. The van der Waals surface area contributed by atoms with Gasteiger partial charge in [-0.05, 0) is 25.3 Å². The predicted molar refractivity (Wildman–Crippen MR) is 96.1 cm³/mol.